The number of fused-ring (bicyclic) bond motifs is 2. The average molecular weight is 262 g/mol. The van der Waals surface area contributed by atoms with E-state index in [9.17, 15) is 5.11 Å². The molecule has 2 aliphatic rings. The van der Waals surface area contributed by atoms with Crippen LogP contribution in [0.2, 0.25) is 0 Å². The molecule has 3 nitrogen and oxygen atoms in total. The highest BCUT2D eigenvalue weighted by Crippen LogP contribution is 2.47. The molecular formula is C16H22O3. The molecule has 2 aliphatic heterocycles. The standard InChI is InChI=1S/C16H22O3/c1-15(2)7-5-10-12(18-15)9-13-11(14(10)17)6-8-16(3,4)19-13/h9,17H,5-8H2,1-4H3. The third kappa shape index (κ3) is 2.15. The lowest BCUT2D eigenvalue weighted by molar-refractivity contribution is 0.0719. The van der Waals surface area contributed by atoms with Crippen LogP contribution in [0.3, 0.4) is 0 Å². The summed E-state index contributed by atoms with van der Waals surface area (Å²) in [6.45, 7) is 8.32. The van der Waals surface area contributed by atoms with Crippen molar-refractivity contribution < 1.29 is 14.6 Å². The number of hydrogen-bond acceptors (Lipinski definition) is 3. The van der Waals surface area contributed by atoms with Crippen molar-refractivity contribution in [3.63, 3.8) is 0 Å². The minimum atomic E-state index is -0.169. The zero-order valence-electron chi connectivity index (χ0n) is 12.2. The van der Waals surface area contributed by atoms with E-state index in [4.69, 9.17) is 9.47 Å². The van der Waals surface area contributed by atoms with E-state index in [0.717, 1.165) is 48.3 Å². The third-order valence-electron chi connectivity index (χ3n) is 4.16. The number of hydrogen-bond donors (Lipinski definition) is 1. The van der Waals surface area contributed by atoms with Crippen LogP contribution in [0.25, 0.3) is 0 Å². The van der Waals surface area contributed by atoms with E-state index in [1.54, 1.807) is 0 Å². The Labute approximate surface area is 114 Å². The number of phenols is 1. The lowest BCUT2D eigenvalue weighted by Gasteiger charge is -2.37. The van der Waals surface area contributed by atoms with E-state index in [1.807, 2.05) is 6.07 Å². The first kappa shape index (κ1) is 12.6. The van der Waals surface area contributed by atoms with Crippen LogP contribution in [0.4, 0.5) is 0 Å². The van der Waals surface area contributed by atoms with Crippen molar-refractivity contribution in [2.75, 3.05) is 0 Å². The van der Waals surface area contributed by atoms with Gasteiger partial charge in [0, 0.05) is 17.2 Å². The van der Waals surface area contributed by atoms with Crippen molar-refractivity contribution in [1.82, 2.24) is 0 Å². The van der Waals surface area contributed by atoms with Crippen LogP contribution in [0.1, 0.15) is 51.7 Å². The maximum absolute atomic E-state index is 10.5. The van der Waals surface area contributed by atoms with Gasteiger partial charge in [0.2, 0.25) is 0 Å². The molecule has 0 fully saturated rings. The molecule has 1 aromatic rings. The van der Waals surface area contributed by atoms with Crippen molar-refractivity contribution in [2.24, 2.45) is 0 Å². The summed E-state index contributed by atoms with van der Waals surface area (Å²) < 4.78 is 12.0. The Morgan fingerprint density at radius 3 is 1.74 bits per heavy atom. The van der Waals surface area contributed by atoms with Crippen LogP contribution in [-0.4, -0.2) is 16.3 Å². The molecule has 0 aliphatic carbocycles. The van der Waals surface area contributed by atoms with Gasteiger partial charge in [0.1, 0.15) is 28.5 Å². The fourth-order valence-corrected chi connectivity index (χ4v) is 2.92. The Morgan fingerprint density at radius 2 is 1.32 bits per heavy atom. The largest absolute Gasteiger partial charge is 0.507 e. The smallest absolute Gasteiger partial charge is 0.130 e. The lowest BCUT2D eigenvalue weighted by atomic mass is 9.88. The van der Waals surface area contributed by atoms with Gasteiger partial charge in [-0.1, -0.05) is 0 Å². The van der Waals surface area contributed by atoms with E-state index < -0.39 is 0 Å². The maximum Gasteiger partial charge on any atom is 0.130 e. The van der Waals surface area contributed by atoms with Gasteiger partial charge in [-0.2, -0.15) is 0 Å². The molecule has 0 bridgehead atoms. The second kappa shape index (κ2) is 3.81. The van der Waals surface area contributed by atoms with Gasteiger partial charge in [-0.15, -0.1) is 0 Å². The molecular weight excluding hydrogens is 240 g/mol. The number of benzene rings is 1. The average Bonchev–Trinajstić information content (AvgIpc) is 2.25. The van der Waals surface area contributed by atoms with Crippen molar-refractivity contribution in [3.8, 4) is 17.2 Å². The molecule has 0 radical (unpaired) electrons. The predicted molar refractivity (Wildman–Crippen MR) is 74.2 cm³/mol. The second-order valence-electron chi connectivity index (χ2n) is 6.90. The molecule has 0 unspecified atom stereocenters. The van der Waals surface area contributed by atoms with Gasteiger partial charge in [-0.25, -0.2) is 0 Å². The molecule has 2 heterocycles. The van der Waals surface area contributed by atoms with Gasteiger partial charge in [-0.3, -0.25) is 0 Å². The molecule has 104 valence electrons. The van der Waals surface area contributed by atoms with Crippen molar-refractivity contribution in [3.05, 3.63) is 17.2 Å². The molecule has 3 heteroatoms. The van der Waals surface area contributed by atoms with Crippen LogP contribution >= 0.6 is 0 Å². The maximum atomic E-state index is 10.5. The molecule has 0 spiro atoms. The SMILES string of the molecule is CC1(C)CCc2c(cc3c(c2O)CCC(C)(C)O3)O1. The van der Waals surface area contributed by atoms with Gasteiger partial charge in [0.05, 0.1) is 0 Å². The molecule has 0 amide bonds. The van der Waals surface area contributed by atoms with Crippen LogP contribution in [0, 0.1) is 0 Å². The Morgan fingerprint density at radius 1 is 0.895 bits per heavy atom. The van der Waals surface area contributed by atoms with Crippen LogP contribution in [0.5, 0.6) is 17.2 Å². The van der Waals surface area contributed by atoms with E-state index in [0.29, 0.717) is 5.75 Å². The summed E-state index contributed by atoms with van der Waals surface area (Å²) in [7, 11) is 0. The van der Waals surface area contributed by atoms with Crippen LogP contribution in [0.15, 0.2) is 6.07 Å². The Hall–Kier alpha value is -1.38. The van der Waals surface area contributed by atoms with Crippen molar-refractivity contribution in [1.29, 1.82) is 0 Å². The highest BCUT2D eigenvalue weighted by atomic mass is 16.5. The molecule has 1 N–H and O–H groups in total. The predicted octanol–water partition coefficient (Wildman–Crippen LogP) is 3.60. The summed E-state index contributed by atoms with van der Waals surface area (Å²) in [4.78, 5) is 0. The van der Waals surface area contributed by atoms with Gasteiger partial charge < -0.3 is 14.6 Å². The highest BCUT2D eigenvalue weighted by Gasteiger charge is 2.34. The monoisotopic (exact) mass is 262 g/mol. The number of rotatable bonds is 0. The quantitative estimate of drug-likeness (QED) is 0.776. The molecule has 0 saturated heterocycles. The van der Waals surface area contributed by atoms with Crippen LogP contribution < -0.4 is 9.47 Å². The first-order chi connectivity index (χ1) is 8.77. The topological polar surface area (TPSA) is 38.7 Å². The summed E-state index contributed by atoms with van der Waals surface area (Å²) in [5.41, 5.74) is 1.55. The number of ether oxygens (including phenoxy) is 2. The highest BCUT2D eigenvalue weighted by molar-refractivity contribution is 5.58. The molecule has 19 heavy (non-hydrogen) atoms. The van der Waals surface area contributed by atoms with E-state index in [1.165, 1.54) is 0 Å². The lowest BCUT2D eigenvalue weighted by Crippen LogP contribution is -2.35. The van der Waals surface area contributed by atoms with Gasteiger partial charge in [0.15, 0.2) is 0 Å². The second-order valence-corrected chi connectivity index (χ2v) is 6.90. The third-order valence-corrected chi connectivity index (χ3v) is 4.16. The Bertz CT molecular complexity index is 485. The van der Waals surface area contributed by atoms with Gasteiger partial charge >= 0.3 is 0 Å². The van der Waals surface area contributed by atoms with E-state index in [-0.39, 0.29) is 11.2 Å². The zero-order valence-corrected chi connectivity index (χ0v) is 12.2. The first-order valence-corrected chi connectivity index (χ1v) is 7.03. The fraction of sp³-hybridized carbons (Fsp3) is 0.625. The molecule has 3 rings (SSSR count). The van der Waals surface area contributed by atoms with E-state index >= 15 is 0 Å². The number of aromatic hydroxyl groups is 1. The summed E-state index contributed by atoms with van der Waals surface area (Å²) in [6, 6.07) is 1.96. The van der Waals surface area contributed by atoms with Crippen molar-refractivity contribution >= 4 is 0 Å². The van der Waals surface area contributed by atoms with E-state index in [2.05, 4.69) is 27.7 Å². The first-order valence-electron chi connectivity index (χ1n) is 7.03. The fourth-order valence-electron chi connectivity index (χ4n) is 2.92. The van der Waals surface area contributed by atoms with Crippen molar-refractivity contribution in [2.45, 2.75) is 64.6 Å². The molecule has 1 aromatic carbocycles. The normalized spacial score (nSPS) is 22.7. The molecule has 0 atom stereocenters. The minimum Gasteiger partial charge on any atom is -0.507 e. The summed E-state index contributed by atoms with van der Waals surface area (Å²) in [5, 5.41) is 10.5. The zero-order chi connectivity index (χ0) is 13.8. The minimum absolute atomic E-state index is 0.169. The Balaban J connectivity index is 2.08. The molecule has 0 aromatic heterocycles. The summed E-state index contributed by atoms with van der Waals surface area (Å²) in [6.07, 6.45) is 3.59. The Kier molecular flexibility index (Phi) is 2.54. The molecule has 0 saturated carbocycles. The van der Waals surface area contributed by atoms with Gasteiger partial charge in [0.25, 0.3) is 0 Å². The summed E-state index contributed by atoms with van der Waals surface area (Å²) >= 11 is 0. The summed E-state index contributed by atoms with van der Waals surface area (Å²) in [5.74, 6) is 1.95. The number of phenolic OH excluding ortho intramolecular Hbond substituents is 1. The van der Waals surface area contributed by atoms with Gasteiger partial charge in [-0.05, 0) is 53.4 Å². The van der Waals surface area contributed by atoms with Crippen LogP contribution in [-0.2, 0) is 12.8 Å².